The van der Waals surface area contributed by atoms with E-state index in [-0.39, 0.29) is 10.8 Å². The predicted octanol–water partition coefficient (Wildman–Crippen LogP) is 5.03. The van der Waals surface area contributed by atoms with Gasteiger partial charge in [-0.1, -0.05) is 65.8 Å². The van der Waals surface area contributed by atoms with Crippen LogP contribution in [0.5, 0.6) is 0 Å². The molecule has 0 aromatic carbocycles. The van der Waals surface area contributed by atoms with Crippen molar-refractivity contribution in [3.63, 3.8) is 0 Å². The third-order valence-corrected chi connectivity index (χ3v) is 4.83. The Kier molecular flexibility index (Phi) is 7.31. The average Bonchev–Trinajstić information content (AvgIpc) is 2.77. The minimum absolute atomic E-state index is 0.0104. The summed E-state index contributed by atoms with van der Waals surface area (Å²) in [6.45, 7) is 19.6. The molecule has 0 unspecified atom stereocenters. The summed E-state index contributed by atoms with van der Waals surface area (Å²) in [4.78, 5) is 0. The summed E-state index contributed by atoms with van der Waals surface area (Å²) in [5.74, 6) is 0. The largest absolute Gasteiger partial charge is 0.389 e. The average molecular weight is 309 g/mol. The van der Waals surface area contributed by atoms with E-state index in [0.29, 0.717) is 12.8 Å². The predicted molar refractivity (Wildman–Crippen MR) is 96.8 cm³/mol. The van der Waals surface area contributed by atoms with Crippen LogP contribution in [0.15, 0.2) is 37.5 Å². The van der Waals surface area contributed by atoms with Crippen LogP contribution in [-0.4, -0.2) is 21.4 Å². The van der Waals surface area contributed by atoms with Crippen molar-refractivity contribution in [2.24, 2.45) is 10.8 Å². The highest BCUT2D eigenvalue weighted by Gasteiger charge is 2.39. The molecule has 0 aliphatic heterocycles. The molecule has 0 spiro atoms. The van der Waals surface area contributed by atoms with E-state index in [1.165, 1.54) is 0 Å². The fraction of sp³-hybridized carbons (Fsp3) is 0.700. The molecule has 0 aromatic heterocycles. The Labute approximate surface area is 137 Å². The van der Waals surface area contributed by atoms with Gasteiger partial charge in [-0.2, -0.15) is 0 Å². The molecule has 0 atom stereocenters. The van der Waals surface area contributed by atoms with Gasteiger partial charge in [0.25, 0.3) is 0 Å². The van der Waals surface area contributed by atoms with Crippen LogP contribution in [0.25, 0.3) is 0 Å². The Morgan fingerprint density at radius 1 is 0.955 bits per heavy atom. The van der Waals surface area contributed by atoms with E-state index in [4.69, 9.17) is 0 Å². The van der Waals surface area contributed by atoms with Gasteiger partial charge in [0.1, 0.15) is 0 Å². The lowest BCUT2D eigenvalue weighted by molar-refractivity contribution is -0.0524. The summed E-state index contributed by atoms with van der Waals surface area (Å²) < 4.78 is 0. The minimum atomic E-state index is -0.698. The van der Waals surface area contributed by atoms with Gasteiger partial charge < -0.3 is 10.2 Å². The van der Waals surface area contributed by atoms with Gasteiger partial charge in [0, 0.05) is 0 Å². The van der Waals surface area contributed by atoms with Gasteiger partial charge >= 0.3 is 0 Å². The van der Waals surface area contributed by atoms with Gasteiger partial charge in [-0.25, -0.2) is 0 Å². The monoisotopic (exact) mass is 308 g/mol. The highest BCUT2D eigenvalue weighted by molar-refractivity contribution is 5.08. The van der Waals surface area contributed by atoms with Crippen molar-refractivity contribution in [1.29, 1.82) is 0 Å². The fourth-order valence-corrected chi connectivity index (χ4v) is 2.43. The molecule has 0 bridgehead atoms. The molecule has 0 aromatic rings. The Morgan fingerprint density at radius 3 is 1.50 bits per heavy atom. The molecule has 0 heterocycles. The van der Waals surface area contributed by atoms with E-state index in [0.717, 1.165) is 12.8 Å². The fourth-order valence-electron chi connectivity index (χ4n) is 2.43. The first kappa shape index (κ1) is 21.1. The lowest BCUT2D eigenvalue weighted by Gasteiger charge is -2.39. The summed E-state index contributed by atoms with van der Waals surface area (Å²) in [5.41, 5.74) is -1.30. The summed E-state index contributed by atoms with van der Waals surface area (Å²) in [5, 5.41) is 20.2. The second kappa shape index (κ2) is 7.61. The lowest BCUT2D eigenvalue weighted by Crippen LogP contribution is -2.41. The number of rotatable bonds is 4. The van der Waals surface area contributed by atoms with Crippen molar-refractivity contribution in [3.8, 4) is 0 Å². The van der Waals surface area contributed by atoms with Gasteiger partial charge in [0.05, 0.1) is 11.2 Å². The van der Waals surface area contributed by atoms with Crippen molar-refractivity contribution in [1.82, 2.24) is 0 Å². The zero-order valence-electron chi connectivity index (χ0n) is 15.4. The molecule has 1 aliphatic rings. The van der Waals surface area contributed by atoms with Crippen LogP contribution in [0.2, 0.25) is 0 Å². The van der Waals surface area contributed by atoms with Gasteiger partial charge in [-0.05, 0) is 36.5 Å². The van der Waals surface area contributed by atoms with E-state index >= 15 is 0 Å². The van der Waals surface area contributed by atoms with E-state index in [1.807, 2.05) is 20.8 Å². The highest BCUT2D eigenvalue weighted by atomic mass is 16.3. The SMILES string of the molecule is C=CCC(O)(CC=C)C(C)(C)C.CC(C)(C)C1(O)CC=CC1. The lowest BCUT2D eigenvalue weighted by atomic mass is 9.72. The summed E-state index contributed by atoms with van der Waals surface area (Å²) >= 11 is 0. The molecule has 0 fully saturated rings. The Bertz CT molecular complexity index is 373. The zero-order chi connectivity index (χ0) is 17.7. The van der Waals surface area contributed by atoms with Crippen molar-refractivity contribution >= 4 is 0 Å². The van der Waals surface area contributed by atoms with Crippen molar-refractivity contribution in [3.05, 3.63) is 37.5 Å². The number of hydrogen-bond donors (Lipinski definition) is 2. The van der Waals surface area contributed by atoms with Crippen molar-refractivity contribution in [2.45, 2.75) is 78.4 Å². The minimum Gasteiger partial charge on any atom is -0.389 e. The molecule has 1 aliphatic carbocycles. The van der Waals surface area contributed by atoms with Gasteiger partial charge in [0.2, 0.25) is 0 Å². The first-order valence-corrected chi connectivity index (χ1v) is 8.14. The van der Waals surface area contributed by atoms with Crippen molar-refractivity contribution in [2.75, 3.05) is 0 Å². The third-order valence-electron chi connectivity index (χ3n) is 4.83. The normalized spacial score (nSPS) is 17.6. The maximum atomic E-state index is 10.2. The molecular formula is C20H36O2. The summed E-state index contributed by atoms with van der Waals surface area (Å²) in [6, 6.07) is 0. The Hall–Kier alpha value is -0.860. The maximum absolute atomic E-state index is 10.2. The molecule has 22 heavy (non-hydrogen) atoms. The van der Waals surface area contributed by atoms with Crippen LogP contribution in [0, 0.1) is 10.8 Å². The Morgan fingerprint density at radius 2 is 1.32 bits per heavy atom. The van der Waals surface area contributed by atoms with Gasteiger partial charge in [-0.3, -0.25) is 0 Å². The maximum Gasteiger partial charge on any atom is 0.0764 e. The van der Waals surface area contributed by atoms with Crippen LogP contribution in [0.1, 0.15) is 67.2 Å². The third kappa shape index (κ3) is 5.40. The number of hydrogen-bond acceptors (Lipinski definition) is 2. The molecule has 2 N–H and O–H groups in total. The molecule has 0 saturated heterocycles. The molecule has 2 heteroatoms. The Balaban J connectivity index is 0.000000406. The second-order valence-corrected chi connectivity index (χ2v) is 8.43. The molecule has 0 radical (unpaired) electrons. The zero-order valence-corrected chi connectivity index (χ0v) is 15.4. The van der Waals surface area contributed by atoms with Crippen LogP contribution in [0.3, 0.4) is 0 Å². The standard InChI is InChI=1S/C11H20O.C9H16O/c1-6-8-11(12,9-7-2)10(3,4)5;1-8(2,3)9(10)6-4-5-7-9/h6-7,12H,1-2,8-9H2,3-5H3;4-5,10H,6-7H2,1-3H3. The summed E-state index contributed by atoms with van der Waals surface area (Å²) in [7, 11) is 0. The second-order valence-electron chi connectivity index (χ2n) is 8.43. The van der Waals surface area contributed by atoms with E-state index in [9.17, 15) is 10.2 Å². The van der Waals surface area contributed by atoms with Crippen molar-refractivity contribution < 1.29 is 10.2 Å². The molecule has 1 rings (SSSR count). The van der Waals surface area contributed by atoms with Gasteiger partial charge in [-0.15, -0.1) is 13.2 Å². The molecule has 128 valence electrons. The van der Waals surface area contributed by atoms with E-state index in [2.05, 4.69) is 46.1 Å². The molecule has 0 saturated carbocycles. The van der Waals surface area contributed by atoms with Crippen LogP contribution < -0.4 is 0 Å². The summed E-state index contributed by atoms with van der Waals surface area (Å²) in [6.07, 6.45) is 10.5. The molecular weight excluding hydrogens is 272 g/mol. The topological polar surface area (TPSA) is 40.5 Å². The molecule has 2 nitrogen and oxygen atoms in total. The van der Waals surface area contributed by atoms with Gasteiger partial charge in [0.15, 0.2) is 0 Å². The van der Waals surface area contributed by atoms with Crippen LogP contribution in [0.4, 0.5) is 0 Å². The van der Waals surface area contributed by atoms with E-state index < -0.39 is 11.2 Å². The van der Waals surface area contributed by atoms with E-state index in [1.54, 1.807) is 12.2 Å². The smallest absolute Gasteiger partial charge is 0.0764 e. The molecule has 0 amide bonds. The first-order valence-electron chi connectivity index (χ1n) is 8.14. The highest BCUT2D eigenvalue weighted by Crippen LogP contribution is 2.39. The van der Waals surface area contributed by atoms with Crippen LogP contribution >= 0.6 is 0 Å². The quantitative estimate of drug-likeness (QED) is 0.715. The first-order chi connectivity index (χ1) is 9.83. The number of aliphatic hydroxyl groups is 2. The van der Waals surface area contributed by atoms with Crippen LogP contribution in [-0.2, 0) is 0 Å².